The lowest BCUT2D eigenvalue weighted by atomic mass is 10.2. The number of benzene rings is 2. The number of piperazine rings is 1. The van der Waals surface area contributed by atoms with E-state index in [0.717, 1.165) is 37.5 Å². The Labute approximate surface area is 165 Å². The molecule has 0 aromatic heterocycles. The van der Waals surface area contributed by atoms with Crippen LogP contribution in [0.5, 0.6) is 5.75 Å². The summed E-state index contributed by atoms with van der Waals surface area (Å²) in [5, 5.41) is 3.63. The number of ether oxygens (including phenoxy) is 1. The Morgan fingerprint density at radius 1 is 1.11 bits per heavy atom. The average molecular weight is 388 g/mol. The van der Waals surface area contributed by atoms with Crippen molar-refractivity contribution in [2.75, 3.05) is 44.2 Å². The number of carbonyl (C=O) groups is 1. The molecule has 0 radical (unpaired) electrons. The fourth-order valence-electron chi connectivity index (χ4n) is 3.20. The monoisotopic (exact) mass is 387 g/mol. The van der Waals surface area contributed by atoms with E-state index in [1.807, 2.05) is 24.0 Å². The Kier molecular flexibility index (Phi) is 6.45. The summed E-state index contributed by atoms with van der Waals surface area (Å²) in [5.74, 6) is 0.792. The van der Waals surface area contributed by atoms with Gasteiger partial charge in [-0.1, -0.05) is 23.7 Å². The molecular formula is C21H26ClN3O2. The lowest BCUT2D eigenvalue weighted by molar-refractivity contribution is 0.191. The molecule has 3 rings (SSSR count). The number of hydrogen-bond acceptors (Lipinski definition) is 3. The number of nitrogens with zero attached hydrogens (tertiary/aromatic N) is 2. The molecule has 6 heteroatoms. The molecule has 2 aromatic carbocycles. The van der Waals surface area contributed by atoms with Crippen molar-refractivity contribution in [1.82, 2.24) is 10.2 Å². The first-order chi connectivity index (χ1) is 13.0. The first-order valence-corrected chi connectivity index (χ1v) is 9.64. The van der Waals surface area contributed by atoms with Gasteiger partial charge >= 0.3 is 6.03 Å². The van der Waals surface area contributed by atoms with E-state index in [1.165, 1.54) is 11.3 Å². The largest absolute Gasteiger partial charge is 0.491 e. The van der Waals surface area contributed by atoms with Gasteiger partial charge in [-0.05, 0) is 55.3 Å². The van der Waals surface area contributed by atoms with E-state index >= 15 is 0 Å². The first kappa shape index (κ1) is 19.4. The zero-order chi connectivity index (χ0) is 19.2. The van der Waals surface area contributed by atoms with Crippen molar-refractivity contribution in [3.05, 3.63) is 58.6 Å². The number of aryl methyl sites for hydroxylation is 2. The van der Waals surface area contributed by atoms with Gasteiger partial charge in [0, 0.05) is 36.9 Å². The van der Waals surface area contributed by atoms with Crippen LogP contribution in [-0.4, -0.2) is 50.3 Å². The second kappa shape index (κ2) is 9.00. The van der Waals surface area contributed by atoms with Crippen LogP contribution >= 0.6 is 11.6 Å². The van der Waals surface area contributed by atoms with Gasteiger partial charge in [0.25, 0.3) is 0 Å². The van der Waals surface area contributed by atoms with Crippen molar-refractivity contribution in [3.63, 3.8) is 0 Å². The topological polar surface area (TPSA) is 44.8 Å². The number of anilines is 1. The quantitative estimate of drug-likeness (QED) is 0.792. The van der Waals surface area contributed by atoms with Gasteiger partial charge in [-0.3, -0.25) is 0 Å². The lowest BCUT2D eigenvalue weighted by Gasteiger charge is -2.36. The summed E-state index contributed by atoms with van der Waals surface area (Å²) >= 11 is 5.94. The standard InChI is InChI=1S/C21H26ClN3O2/c1-16-4-3-5-19(14-16)24-9-11-25(12-10-24)21(26)23-8-13-27-20-7-6-18(22)15-17(20)2/h3-7,14-15H,8-13H2,1-2H3,(H,23,26). The van der Waals surface area contributed by atoms with E-state index in [0.29, 0.717) is 18.2 Å². The fourth-order valence-corrected chi connectivity index (χ4v) is 3.42. The zero-order valence-corrected chi connectivity index (χ0v) is 16.6. The molecule has 0 aliphatic carbocycles. The fraction of sp³-hybridized carbons (Fsp3) is 0.381. The maximum absolute atomic E-state index is 12.3. The van der Waals surface area contributed by atoms with Crippen LogP contribution in [0.15, 0.2) is 42.5 Å². The predicted octanol–water partition coefficient (Wildman–Crippen LogP) is 3.87. The summed E-state index contributed by atoms with van der Waals surface area (Å²) < 4.78 is 5.72. The summed E-state index contributed by atoms with van der Waals surface area (Å²) in [6.07, 6.45) is 0. The highest BCUT2D eigenvalue weighted by molar-refractivity contribution is 6.30. The minimum Gasteiger partial charge on any atom is -0.491 e. The third-order valence-corrected chi connectivity index (χ3v) is 4.94. The third kappa shape index (κ3) is 5.30. The van der Waals surface area contributed by atoms with E-state index < -0.39 is 0 Å². The molecule has 0 unspecified atom stereocenters. The van der Waals surface area contributed by atoms with E-state index in [1.54, 1.807) is 6.07 Å². The number of rotatable bonds is 5. The van der Waals surface area contributed by atoms with E-state index in [9.17, 15) is 4.79 Å². The summed E-state index contributed by atoms with van der Waals surface area (Å²) in [6.45, 7) is 8.08. The van der Waals surface area contributed by atoms with E-state index in [-0.39, 0.29) is 6.03 Å². The Hall–Kier alpha value is -2.40. The van der Waals surface area contributed by atoms with Crippen LogP contribution in [-0.2, 0) is 0 Å². The molecule has 0 atom stereocenters. The third-order valence-electron chi connectivity index (χ3n) is 4.71. The highest BCUT2D eigenvalue weighted by Crippen LogP contribution is 2.21. The summed E-state index contributed by atoms with van der Waals surface area (Å²) in [6, 6.07) is 14.0. The Morgan fingerprint density at radius 3 is 2.59 bits per heavy atom. The normalized spacial score (nSPS) is 14.2. The Bertz CT molecular complexity index is 789. The van der Waals surface area contributed by atoms with Crippen LogP contribution in [0, 0.1) is 13.8 Å². The van der Waals surface area contributed by atoms with Crippen molar-refractivity contribution in [1.29, 1.82) is 0 Å². The molecule has 0 spiro atoms. The molecule has 5 nitrogen and oxygen atoms in total. The van der Waals surface area contributed by atoms with Crippen molar-refractivity contribution < 1.29 is 9.53 Å². The Morgan fingerprint density at radius 2 is 1.89 bits per heavy atom. The maximum Gasteiger partial charge on any atom is 0.317 e. The first-order valence-electron chi connectivity index (χ1n) is 9.26. The van der Waals surface area contributed by atoms with E-state index in [2.05, 4.69) is 41.4 Å². The van der Waals surface area contributed by atoms with Crippen molar-refractivity contribution in [3.8, 4) is 5.75 Å². The maximum atomic E-state index is 12.3. The molecular weight excluding hydrogens is 362 g/mol. The highest BCUT2D eigenvalue weighted by Gasteiger charge is 2.21. The van der Waals surface area contributed by atoms with Crippen LogP contribution in [0.4, 0.5) is 10.5 Å². The number of halogens is 1. The minimum absolute atomic E-state index is 0.0321. The molecule has 1 aliphatic heterocycles. The molecule has 1 aliphatic rings. The van der Waals surface area contributed by atoms with Crippen LogP contribution in [0.2, 0.25) is 5.02 Å². The minimum atomic E-state index is -0.0321. The van der Waals surface area contributed by atoms with Crippen LogP contribution in [0.25, 0.3) is 0 Å². The number of amides is 2. The van der Waals surface area contributed by atoms with Gasteiger partial charge < -0.3 is 19.9 Å². The number of carbonyl (C=O) groups excluding carboxylic acids is 1. The number of hydrogen-bond donors (Lipinski definition) is 1. The summed E-state index contributed by atoms with van der Waals surface area (Å²) in [5.41, 5.74) is 3.46. The van der Waals surface area contributed by atoms with Crippen molar-refractivity contribution >= 4 is 23.3 Å². The van der Waals surface area contributed by atoms with Crippen molar-refractivity contribution in [2.45, 2.75) is 13.8 Å². The second-order valence-corrected chi connectivity index (χ2v) is 7.24. The zero-order valence-electron chi connectivity index (χ0n) is 15.9. The van der Waals surface area contributed by atoms with Crippen LogP contribution in [0.1, 0.15) is 11.1 Å². The lowest BCUT2D eigenvalue weighted by Crippen LogP contribution is -2.52. The van der Waals surface area contributed by atoms with Crippen LogP contribution < -0.4 is 15.0 Å². The molecule has 1 heterocycles. The molecule has 1 N–H and O–H groups in total. The van der Waals surface area contributed by atoms with Gasteiger partial charge in [-0.15, -0.1) is 0 Å². The smallest absolute Gasteiger partial charge is 0.317 e. The summed E-state index contributed by atoms with van der Waals surface area (Å²) in [7, 11) is 0. The average Bonchev–Trinajstić information content (AvgIpc) is 2.66. The van der Waals surface area contributed by atoms with E-state index in [4.69, 9.17) is 16.3 Å². The molecule has 0 saturated carbocycles. The van der Waals surface area contributed by atoms with Gasteiger partial charge in [-0.25, -0.2) is 4.79 Å². The predicted molar refractivity (Wildman–Crippen MR) is 110 cm³/mol. The molecule has 2 amide bonds. The van der Waals surface area contributed by atoms with Gasteiger partial charge in [-0.2, -0.15) is 0 Å². The molecule has 2 aromatic rings. The summed E-state index contributed by atoms with van der Waals surface area (Å²) in [4.78, 5) is 16.5. The van der Waals surface area contributed by atoms with Gasteiger partial charge in [0.1, 0.15) is 12.4 Å². The van der Waals surface area contributed by atoms with Gasteiger partial charge in [0.15, 0.2) is 0 Å². The molecule has 27 heavy (non-hydrogen) atoms. The molecule has 1 saturated heterocycles. The molecule has 144 valence electrons. The molecule has 0 bridgehead atoms. The van der Waals surface area contributed by atoms with Crippen molar-refractivity contribution in [2.24, 2.45) is 0 Å². The number of nitrogens with one attached hydrogen (secondary N) is 1. The second-order valence-electron chi connectivity index (χ2n) is 6.80. The van der Waals surface area contributed by atoms with Crippen LogP contribution in [0.3, 0.4) is 0 Å². The highest BCUT2D eigenvalue weighted by atomic mass is 35.5. The Balaban J connectivity index is 1.39. The van der Waals surface area contributed by atoms with Gasteiger partial charge in [0.2, 0.25) is 0 Å². The van der Waals surface area contributed by atoms with Gasteiger partial charge in [0.05, 0.1) is 6.54 Å². The molecule has 1 fully saturated rings. The number of urea groups is 1. The SMILES string of the molecule is Cc1cccc(N2CCN(C(=O)NCCOc3ccc(Cl)cc3C)CC2)c1.